The number of hydrogen-bond acceptors (Lipinski definition) is 2. The molecule has 11 heavy (non-hydrogen) atoms. The third kappa shape index (κ3) is 18.8. The number of phosphoric acid groups is 1. The Morgan fingerprint density at radius 1 is 1.36 bits per heavy atom. The van der Waals surface area contributed by atoms with Gasteiger partial charge in [-0.05, 0) is 6.42 Å². The van der Waals surface area contributed by atoms with Crippen molar-refractivity contribution < 1.29 is 18.9 Å². The fourth-order valence-corrected chi connectivity index (χ4v) is 0.695. The standard InChI is InChI=1S/C4H11O4P.2Na/c1-2-3-4-8-9(5,6)7;;/h2-4H2,1H3,(H2,5,6,7);;. The Hall–Kier alpha value is 2.11. The van der Waals surface area contributed by atoms with E-state index >= 15 is 0 Å². The zero-order valence-electron chi connectivity index (χ0n) is 7.28. The molecule has 0 heterocycles. The Morgan fingerprint density at radius 2 is 1.82 bits per heavy atom. The van der Waals surface area contributed by atoms with Gasteiger partial charge in [0.1, 0.15) is 0 Å². The Kier molecular flexibility index (Phi) is 17.4. The minimum Gasteiger partial charge on any atom is -0.303 e. The second-order valence-electron chi connectivity index (χ2n) is 1.68. The van der Waals surface area contributed by atoms with E-state index in [1.807, 2.05) is 6.92 Å². The van der Waals surface area contributed by atoms with Gasteiger partial charge < -0.3 is 9.79 Å². The Balaban J connectivity index is -0.000000320. The Labute approximate surface area is 111 Å². The van der Waals surface area contributed by atoms with Crippen molar-refractivity contribution in [3.05, 3.63) is 0 Å². The van der Waals surface area contributed by atoms with Gasteiger partial charge in [0.05, 0.1) is 6.61 Å². The molecule has 2 radical (unpaired) electrons. The van der Waals surface area contributed by atoms with Crippen LogP contribution in [0, 0.1) is 0 Å². The van der Waals surface area contributed by atoms with E-state index in [-0.39, 0.29) is 65.7 Å². The number of hydrogen-bond donors (Lipinski definition) is 2. The predicted molar refractivity (Wildman–Crippen MR) is 44.4 cm³/mol. The molecule has 0 saturated heterocycles. The normalized spacial score (nSPS) is 9.73. The van der Waals surface area contributed by atoms with Crippen molar-refractivity contribution in [1.82, 2.24) is 0 Å². The molecule has 0 unspecified atom stereocenters. The maximum Gasteiger partial charge on any atom is 0.469 e. The summed E-state index contributed by atoms with van der Waals surface area (Å²) >= 11 is 0. The molecule has 4 nitrogen and oxygen atoms in total. The monoisotopic (exact) mass is 200 g/mol. The van der Waals surface area contributed by atoms with Crippen LogP contribution in [0.3, 0.4) is 0 Å². The molecule has 0 aliphatic rings. The van der Waals surface area contributed by atoms with Gasteiger partial charge in [0, 0.05) is 59.1 Å². The van der Waals surface area contributed by atoms with E-state index < -0.39 is 7.82 Å². The van der Waals surface area contributed by atoms with Crippen molar-refractivity contribution in [2.75, 3.05) is 6.61 Å². The molecule has 0 aliphatic heterocycles. The molecule has 0 aliphatic carbocycles. The van der Waals surface area contributed by atoms with E-state index in [9.17, 15) is 4.57 Å². The van der Waals surface area contributed by atoms with Crippen LogP contribution in [0.2, 0.25) is 0 Å². The summed E-state index contributed by atoms with van der Waals surface area (Å²) in [4.78, 5) is 16.3. The first-order chi connectivity index (χ1) is 4.06. The summed E-state index contributed by atoms with van der Waals surface area (Å²) in [5.41, 5.74) is 0. The Morgan fingerprint density at radius 3 is 2.09 bits per heavy atom. The van der Waals surface area contributed by atoms with Crippen molar-refractivity contribution in [2.24, 2.45) is 0 Å². The van der Waals surface area contributed by atoms with Gasteiger partial charge in [-0.15, -0.1) is 0 Å². The van der Waals surface area contributed by atoms with Crippen molar-refractivity contribution >= 4 is 66.9 Å². The maximum absolute atomic E-state index is 9.98. The van der Waals surface area contributed by atoms with E-state index in [4.69, 9.17) is 9.79 Å². The molecule has 0 rings (SSSR count). The molecule has 58 valence electrons. The van der Waals surface area contributed by atoms with Crippen molar-refractivity contribution in [2.45, 2.75) is 19.8 Å². The summed E-state index contributed by atoms with van der Waals surface area (Å²) in [6.45, 7) is 2.06. The van der Waals surface area contributed by atoms with E-state index in [1.165, 1.54) is 0 Å². The minimum atomic E-state index is -4.20. The summed E-state index contributed by atoms with van der Waals surface area (Å²) in [7, 11) is -4.20. The first kappa shape index (κ1) is 18.8. The number of unbranched alkanes of at least 4 members (excludes halogenated alkanes) is 1. The molecule has 0 aromatic carbocycles. The summed E-state index contributed by atoms with van der Waals surface area (Å²) in [6, 6.07) is 0. The van der Waals surface area contributed by atoms with Crippen LogP contribution in [0.5, 0.6) is 0 Å². The summed E-state index contributed by atoms with van der Waals surface area (Å²) in [6.07, 6.45) is 1.56. The average molecular weight is 200 g/mol. The second kappa shape index (κ2) is 10.2. The number of rotatable bonds is 4. The van der Waals surface area contributed by atoms with Crippen LogP contribution in [0.4, 0.5) is 0 Å². The SMILES string of the molecule is CCCCOP(=O)(O)O.[Na].[Na]. The van der Waals surface area contributed by atoms with Gasteiger partial charge in [-0.25, -0.2) is 4.57 Å². The van der Waals surface area contributed by atoms with Gasteiger partial charge in [0.25, 0.3) is 0 Å². The topological polar surface area (TPSA) is 66.8 Å². The molecule has 0 spiro atoms. The Bertz CT molecular complexity index is 115. The third-order valence-corrected chi connectivity index (χ3v) is 1.28. The molecular weight excluding hydrogens is 189 g/mol. The largest absolute Gasteiger partial charge is 0.469 e. The molecular formula is C4H11Na2O4P. The van der Waals surface area contributed by atoms with E-state index in [1.54, 1.807) is 0 Å². The van der Waals surface area contributed by atoms with Crippen LogP contribution in [0.15, 0.2) is 0 Å². The van der Waals surface area contributed by atoms with Gasteiger partial charge >= 0.3 is 7.82 Å². The van der Waals surface area contributed by atoms with Gasteiger partial charge in [0.15, 0.2) is 0 Å². The smallest absolute Gasteiger partial charge is 0.303 e. The van der Waals surface area contributed by atoms with Gasteiger partial charge in [-0.3, -0.25) is 4.52 Å². The van der Waals surface area contributed by atoms with Gasteiger partial charge in [-0.1, -0.05) is 13.3 Å². The van der Waals surface area contributed by atoms with Crippen LogP contribution >= 0.6 is 7.82 Å². The minimum absolute atomic E-state index is 0. The van der Waals surface area contributed by atoms with Crippen LogP contribution in [-0.4, -0.2) is 75.5 Å². The van der Waals surface area contributed by atoms with Gasteiger partial charge in [-0.2, -0.15) is 0 Å². The molecule has 0 fully saturated rings. The number of phosphoric ester groups is 1. The quantitative estimate of drug-likeness (QED) is 0.384. The predicted octanol–water partition coefficient (Wildman–Crippen LogP) is 0.134. The zero-order valence-corrected chi connectivity index (χ0v) is 12.2. The first-order valence-corrected chi connectivity index (χ1v) is 4.29. The average Bonchev–Trinajstić information content (AvgIpc) is 1.63. The van der Waals surface area contributed by atoms with Crippen molar-refractivity contribution in [1.29, 1.82) is 0 Å². The van der Waals surface area contributed by atoms with Crippen LogP contribution in [0.25, 0.3) is 0 Å². The van der Waals surface area contributed by atoms with Crippen LogP contribution in [-0.2, 0) is 9.09 Å². The maximum atomic E-state index is 9.98. The molecule has 0 atom stereocenters. The molecule has 0 aromatic rings. The first-order valence-electron chi connectivity index (χ1n) is 2.76. The summed E-state index contributed by atoms with van der Waals surface area (Å²) in [5, 5.41) is 0. The molecule has 7 heteroatoms. The van der Waals surface area contributed by atoms with Crippen LogP contribution in [0.1, 0.15) is 19.8 Å². The fraction of sp³-hybridized carbons (Fsp3) is 1.00. The third-order valence-electron chi connectivity index (χ3n) is 0.757. The van der Waals surface area contributed by atoms with E-state index in [0.29, 0.717) is 6.42 Å². The second-order valence-corrected chi connectivity index (χ2v) is 2.92. The fourth-order valence-electron chi connectivity index (χ4n) is 0.328. The molecule has 0 saturated carbocycles. The van der Waals surface area contributed by atoms with Crippen molar-refractivity contribution in [3.8, 4) is 0 Å². The summed E-state index contributed by atoms with van der Waals surface area (Å²) in [5.74, 6) is 0. The van der Waals surface area contributed by atoms with Crippen LogP contribution < -0.4 is 0 Å². The summed E-state index contributed by atoms with van der Waals surface area (Å²) < 4.78 is 14.1. The molecule has 0 aromatic heterocycles. The molecule has 0 bridgehead atoms. The van der Waals surface area contributed by atoms with Gasteiger partial charge in [0.2, 0.25) is 0 Å². The van der Waals surface area contributed by atoms with E-state index in [2.05, 4.69) is 4.52 Å². The molecule has 2 N–H and O–H groups in total. The molecule has 0 amide bonds. The van der Waals surface area contributed by atoms with E-state index in [0.717, 1.165) is 6.42 Å². The zero-order chi connectivity index (χ0) is 7.33. The van der Waals surface area contributed by atoms with Crippen molar-refractivity contribution in [3.63, 3.8) is 0 Å².